The van der Waals surface area contributed by atoms with Crippen LogP contribution in [0.3, 0.4) is 0 Å². The maximum absolute atomic E-state index is 12.6. The molecule has 50 heavy (non-hydrogen) atoms. The van der Waals surface area contributed by atoms with Gasteiger partial charge in [0.2, 0.25) is 0 Å². The van der Waals surface area contributed by atoms with Gasteiger partial charge in [0, 0.05) is 50.4 Å². The van der Waals surface area contributed by atoms with Crippen LogP contribution in [0.2, 0.25) is 0 Å². The number of amides is 2. The molecule has 8 nitrogen and oxygen atoms in total. The van der Waals surface area contributed by atoms with E-state index in [1.54, 1.807) is 12.4 Å². The van der Waals surface area contributed by atoms with Crippen LogP contribution in [0.15, 0.2) is 132 Å². The van der Waals surface area contributed by atoms with Gasteiger partial charge < -0.3 is 0 Å². The minimum atomic E-state index is -0.262. The lowest BCUT2D eigenvalue weighted by atomic mass is 9.99. The first kappa shape index (κ1) is 32.8. The number of nitrogens with zero attached hydrogens (tertiary/aromatic N) is 4. The lowest BCUT2D eigenvalue weighted by molar-refractivity contribution is 0.0947. The summed E-state index contributed by atoms with van der Waals surface area (Å²) in [6.45, 7) is 5.66. The van der Waals surface area contributed by atoms with E-state index in [0.717, 1.165) is 63.2 Å². The van der Waals surface area contributed by atoms with Gasteiger partial charge in [0.15, 0.2) is 0 Å². The Kier molecular flexibility index (Phi) is 10.3. The summed E-state index contributed by atoms with van der Waals surface area (Å²) in [6.07, 6.45) is 5.32. The van der Waals surface area contributed by atoms with Crippen molar-refractivity contribution in [1.29, 1.82) is 0 Å². The first-order chi connectivity index (χ1) is 24.6. The number of carbonyl (C=O) groups is 2. The monoisotopic (exact) mass is 660 g/mol. The molecule has 2 aliphatic rings. The molecular formula is C42H40N6O2. The van der Waals surface area contributed by atoms with Crippen LogP contribution in [0.4, 0.5) is 0 Å². The van der Waals surface area contributed by atoms with Crippen molar-refractivity contribution < 1.29 is 9.59 Å². The van der Waals surface area contributed by atoms with Crippen LogP contribution in [0.25, 0.3) is 0 Å². The van der Waals surface area contributed by atoms with Crippen LogP contribution in [0, 0.1) is 0 Å². The van der Waals surface area contributed by atoms with E-state index in [0.29, 0.717) is 11.1 Å². The summed E-state index contributed by atoms with van der Waals surface area (Å²) in [6, 6.07) is 40.1. The van der Waals surface area contributed by atoms with Crippen molar-refractivity contribution in [3.8, 4) is 0 Å². The zero-order valence-corrected chi connectivity index (χ0v) is 28.0. The molecule has 250 valence electrons. The van der Waals surface area contributed by atoms with Crippen LogP contribution in [0.5, 0.6) is 0 Å². The average Bonchev–Trinajstić information content (AvgIpc) is 3.16. The van der Waals surface area contributed by atoms with E-state index < -0.39 is 0 Å². The summed E-state index contributed by atoms with van der Waals surface area (Å²) in [5.41, 5.74) is 16.0. The summed E-state index contributed by atoms with van der Waals surface area (Å²) in [7, 11) is 0. The Morgan fingerprint density at radius 2 is 0.900 bits per heavy atom. The van der Waals surface area contributed by atoms with Crippen molar-refractivity contribution in [1.82, 2.24) is 20.7 Å². The van der Waals surface area contributed by atoms with Gasteiger partial charge in [0.25, 0.3) is 11.8 Å². The second kappa shape index (κ2) is 15.7. The number of hydrogen-bond acceptors (Lipinski definition) is 6. The molecule has 0 fully saturated rings. The van der Waals surface area contributed by atoms with Gasteiger partial charge in [-0.05, 0) is 81.6 Å². The fourth-order valence-electron chi connectivity index (χ4n) is 6.55. The van der Waals surface area contributed by atoms with Gasteiger partial charge in [-0.2, -0.15) is 10.2 Å². The van der Waals surface area contributed by atoms with Crippen molar-refractivity contribution in [2.45, 2.75) is 39.0 Å². The Morgan fingerprint density at radius 3 is 1.30 bits per heavy atom. The molecule has 0 aromatic heterocycles. The van der Waals surface area contributed by atoms with E-state index in [4.69, 9.17) is 0 Å². The van der Waals surface area contributed by atoms with Crippen LogP contribution in [-0.2, 0) is 39.0 Å². The summed E-state index contributed by atoms with van der Waals surface area (Å²) >= 11 is 0. The molecule has 2 N–H and O–H groups in total. The Bertz CT molecular complexity index is 1860. The van der Waals surface area contributed by atoms with Gasteiger partial charge in [-0.15, -0.1) is 0 Å². The van der Waals surface area contributed by atoms with Gasteiger partial charge in [0.1, 0.15) is 0 Å². The van der Waals surface area contributed by atoms with E-state index in [-0.39, 0.29) is 11.8 Å². The highest BCUT2D eigenvalue weighted by Gasteiger charge is 2.17. The normalized spacial score (nSPS) is 14.7. The van der Waals surface area contributed by atoms with Crippen LogP contribution >= 0.6 is 0 Å². The number of nitrogens with one attached hydrogen (secondary N) is 2. The van der Waals surface area contributed by atoms with Crippen molar-refractivity contribution in [3.05, 3.63) is 177 Å². The number of hydrogen-bond donors (Lipinski definition) is 2. The highest BCUT2D eigenvalue weighted by Crippen LogP contribution is 2.22. The van der Waals surface area contributed by atoms with Crippen molar-refractivity contribution in [3.63, 3.8) is 0 Å². The first-order valence-corrected chi connectivity index (χ1v) is 17.1. The molecule has 2 aliphatic heterocycles. The Hall–Kier alpha value is -5.70. The lowest BCUT2D eigenvalue weighted by Gasteiger charge is -2.28. The molecule has 0 saturated heterocycles. The SMILES string of the molecule is O=C(N/N=C/c1ccc(/C=N/NC(=O)c2ccc(CN3CCc4ccccc4C3)cc2)cc1)c1ccc(CN2CCc3ccccc3C2)cc1. The predicted molar refractivity (Wildman–Crippen MR) is 198 cm³/mol. The molecule has 0 spiro atoms. The van der Waals surface area contributed by atoms with E-state index in [2.05, 4.69) is 79.4 Å². The molecule has 0 atom stereocenters. The predicted octanol–water partition coefficient (Wildman–Crippen LogP) is 6.33. The Morgan fingerprint density at radius 1 is 0.520 bits per heavy atom. The number of benzene rings is 5. The quantitative estimate of drug-likeness (QED) is 0.135. The minimum Gasteiger partial charge on any atom is -0.294 e. The molecule has 7 rings (SSSR count). The molecule has 5 aromatic carbocycles. The zero-order valence-electron chi connectivity index (χ0n) is 28.0. The number of hydrazone groups is 2. The van der Waals surface area contributed by atoms with Gasteiger partial charge in [-0.3, -0.25) is 19.4 Å². The highest BCUT2D eigenvalue weighted by molar-refractivity contribution is 5.95. The molecule has 2 heterocycles. The highest BCUT2D eigenvalue weighted by atomic mass is 16.2. The summed E-state index contributed by atoms with van der Waals surface area (Å²) < 4.78 is 0. The summed E-state index contributed by atoms with van der Waals surface area (Å²) in [5.74, 6) is -0.524. The fraction of sp³-hybridized carbons (Fsp3) is 0.190. The van der Waals surface area contributed by atoms with E-state index in [1.165, 1.54) is 33.4 Å². The van der Waals surface area contributed by atoms with Crippen LogP contribution in [-0.4, -0.2) is 47.1 Å². The second-order valence-electron chi connectivity index (χ2n) is 12.9. The lowest BCUT2D eigenvalue weighted by Crippen LogP contribution is -2.30. The van der Waals surface area contributed by atoms with Gasteiger partial charge in [0.05, 0.1) is 12.4 Å². The minimum absolute atomic E-state index is 0.262. The third kappa shape index (κ3) is 8.47. The molecule has 0 aliphatic carbocycles. The molecule has 0 bridgehead atoms. The maximum atomic E-state index is 12.6. The standard InChI is InChI=1S/C42H40N6O2/c49-41(37-17-13-33(14-18-37)27-47-23-21-35-5-1-3-7-39(35)29-47)45-43-25-31-9-11-32(12-10-31)26-44-46-42(50)38-19-15-34(16-20-38)28-48-24-22-36-6-2-4-8-40(36)30-48/h1-20,25-26H,21-24,27-30H2,(H,45,49)(H,46,50)/b43-25+,44-26+. The Balaban J connectivity index is 0.832. The average molecular weight is 661 g/mol. The van der Waals surface area contributed by atoms with Crippen LogP contribution in [0.1, 0.15) is 65.2 Å². The molecule has 0 unspecified atom stereocenters. The molecule has 5 aromatic rings. The third-order valence-corrected chi connectivity index (χ3v) is 9.36. The van der Waals surface area contributed by atoms with Gasteiger partial charge >= 0.3 is 0 Å². The third-order valence-electron chi connectivity index (χ3n) is 9.36. The molecule has 0 saturated carbocycles. The first-order valence-electron chi connectivity index (χ1n) is 17.1. The van der Waals surface area contributed by atoms with Crippen molar-refractivity contribution >= 4 is 24.2 Å². The Labute approximate surface area is 293 Å². The molecule has 2 amide bonds. The smallest absolute Gasteiger partial charge is 0.271 e. The number of fused-ring (bicyclic) bond motifs is 2. The second-order valence-corrected chi connectivity index (χ2v) is 12.9. The number of carbonyl (C=O) groups excluding carboxylic acids is 2. The van der Waals surface area contributed by atoms with E-state index in [9.17, 15) is 9.59 Å². The van der Waals surface area contributed by atoms with E-state index >= 15 is 0 Å². The summed E-state index contributed by atoms with van der Waals surface area (Å²) in [5, 5.41) is 8.25. The van der Waals surface area contributed by atoms with E-state index in [1.807, 2.05) is 72.8 Å². The van der Waals surface area contributed by atoms with Crippen LogP contribution < -0.4 is 10.9 Å². The van der Waals surface area contributed by atoms with Gasteiger partial charge in [-0.1, -0.05) is 97.1 Å². The largest absolute Gasteiger partial charge is 0.294 e. The summed E-state index contributed by atoms with van der Waals surface area (Å²) in [4.78, 5) is 30.2. The topological polar surface area (TPSA) is 89.4 Å². The molecule has 0 radical (unpaired) electrons. The van der Waals surface area contributed by atoms with Crippen molar-refractivity contribution in [2.24, 2.45) is 10.2 Å². The number of rotatable bonds is 10. The van der Waals surface area contributed by atoms with Crippen molar-refractivity contribution in [2.75, 3.05) is 13.1 Å². The molecular weight excluding hydrogens is 621 g/mol. The van der Waals surface area contributed by atoms with Gasteiger partial charge in [-0.25, -0.2) is 10.9 Å². The zero-order chi connectivity index (χ0) is 34.1. The molecule has 8 heteroatoms. The maximum Gasteiger partial charge on any atom is 0.271 e. The fourth-order valence-corrected chi connectivity index (χ4v) is 6.55.